The number of carboxylic acids is 2. The minimum absolute atomic E-state index is 0.215. The third-order valence-electron chi connectivity index (χ3n) is 12.2. The number of likely N-dealkylation sites (N-methyl/N-ethyl adjacent to an activating group) is 3. The van der Waals surface area contributed by atoms with Crippen LogP contribution in [-0.2, 0) is 62.2 Å². The smallest absolute Gasteiger partial charge is 0.397 e. The quantitative estimate of drug-likeness (QED) is 0.0293. The number of hydrogen-bond acceptors (Lipinski definition) is 20. The Morgan fingerprint density at radius 3 is 2.12 bits per heavy atom. The van der Waals surface area contributed by atoms with E-state index in [9.17, 15) is 72.1 Å². The number of carboxylic acid groups (broad SMARTS) is 2. The third kappa shape index (κ3) is 16.0. The number of hydrogen-bond donors (Lipinski definition) is 8. The van der Waals surface area contributed by atoms with Crippen LogP contribution in [-0.4, -0.2) is 189 Å². The van der Waals surface area contributed by atoms with Crippen molar-refractivity contribution in [1.29, 1.82) is 0 Å². The number of aliphatic hydroxyl groups excluding tert-OH is 3. The molecule has 4 rings (SSSR count). The van der Waals surface area contributed by atoms with E-state index in [2.05, 4.69) is 16.4 Å². The summed E-state index contributed by atoms with van der Waals surface area (Å²) in [6, 6.07) is -2.86. The Morgan fingerprint density at radius 2 is 1.54 bits per heavy atom. The molecule has 0 aliphatic carbocycles. The number of ether oxygens (including phenoxy) is 5. The Bertz CT molecular complexity index is 2120. The van der Waals surface area contributed by atoms with Crippen molar-refractivity contribution in [3.63, 3.8) is 0 Å². The van der Waals surface area contributed by atoms with E-state index in [4.69, 9.17) is 23.7 Å². The first-order valence-corrected chi connectivity index (χ1v) is 24.3. The van der Waals surface area contributed by atoms with Gasteiger partial charge in [-0.2, -0.15) is 8.42 Å². The molecule has 8 N–H and O–H groups in total. The fourth-order valence-electron chi connectivity index (χ4n) is 8.80. The second-order valence-electron chi connectivity index (χ2n) is 17.8. The number of nitrogens with one attached hydrogen (secondary N) is 2. The topological polar surface area (TPSA) is 370 Å². The Hall–Kier alpha value is -4.42. The Kier molecular flexibility index (Phi) is 21.7. The van der Waals surface area contributed by atoms with Crippen LogP contribution < -0.4 is 16.6 Å². The number of carbonyl (C=O) groups excluding carboxylic acids is 3. The van der Waals surface area contributed by atoms with E-state index in [0.717, 1.165) is 75.6 Å². The summed E-state index contributed by atoms with van der Waals surface area (Å²) in [4.78, 5) is 94.1. The molecule has 1 amide bonds. The highest BCUT2D eigenvalue weighted by Crippen LogP contribution is 2.37. The summed E-state index contributed by atoms with van der Waals surface area (Å²) in [5, 5.41) is 55.9. The van der Waals surface area contributed by atoms with Crippen LogP contribution in [0.1, 0.15) is 104 Å². The van der Waals surface area contributed by atoms with E-state index in [-0.39, 0.29) is 19.3 Å². The van der Waals surface area contributed by atoms with E-state index in [1.807, 2.05) is 4.98 Å². The number of esters is 2. The molecule has 392 valence electrons. The lowest BCUT2D eigenvalue weighted by atomic mass is 9.97. The highest BCUT2D eigenvalue weighted by molar-refractivity contribution is 7.80. The number of aliphatic carboxylic acids is 2. The van der Waals surface area contributed by atoms with Crippen LogP contribution in [0.2, 0.25) is 0 Å². The largest absolute Gasteiger partial charge is 0.481 e. The van der Waals surface area contributed by atoms with Crippen molar-refractivity contribution in [2.24, 2.45) is 5.92 Å². The zero-order valence-electron chi connectivity index (χ0n) is 39.2. The first-order valence-electron chi connectivity index (χ1n) is 22.9. The molecule has 0 aromatic carbocycles. The van der Waals surface area contributed by atoms with Gasteiger partial charge < -0.3 is 54.1 Å². The predicted octanol–water partition coefficient (Wildman–Crippen LogP) is -1.15. The molecule has 26 nitrogen and oxygen atoms in total. The molecule has 69 heavy (non-hydrogen) atoms. The zero-order valence-corrected chi connectivity index (χ0v) is 40.0. The van der Waals surface area contributed by atoms with Gasteiger partial charge in [0.2, 0.25) is 5.91 Å². The molecule has 3 saturated heterocycles. The summed E-state index contributed by atoms with van der Waals surface area (Å²) in [5.41, 5.74) is -1.91. The van der Waals surface area contributed by atoms with Gasteiger partial charge in [0.25, 0.3) is 5.56 Å². The van der Waals surface area contributed by atoms with Crippen LogP contribution >= 0.6 is 0 Å². The molecule has 27 heteroatoms. The van der Waals surface area contributed by atoms with E-state index in [0.29, 0.717) is 15.9 Å². The van der Waals surface area contributed by atoms with Crippen LogP contribution in [0.4, 0.5) is 0 Å². The highest BCUT2D eigenvalue weighted by atomic mass is 32.3. The lowest BCUT2D eigenvalue weighted by Gasteiger charge is -2.38. The van der Waals surface area contributed by atoms with Crippen molar-refractivity contribution < 1.29 is 90.3 Å². The van der Waals surface area contributed by atoms with Crippen molar-refractivity contribution >= 4 is 40.2 Å². The molecule has 4 heterocycles. The molecular formula is C42H67N5O21S. The second-order valence-corrected chi connectivity index (χ2v) is 18.8. The van der Waals surface area contributed by atoms with Crippen LogP contribution in [0.15, 0.2) is 21.9 Å². The van der Waals surface area contributed by atoms with E-state index in [1.165, 1.54) is 14.1 Å². The van der Waals surface area contributed by atoms with Crippen molar-refractivity contribution in [2.45, 2.75) is 177 Å². The predicted molar refractivity (Wildman–Crippen MR) is 235 cm³/mol. The van der Waals surface area contributed by atoms with E-state index in [1.54, 1.807) is 6.92 Å². The number of H-pyrrole nitrogens is 1. The summed E-state index contributed by atoms with van der Waals surface area (Å²) in [6.07, 6.45) is -11.2. The third-order valence-corrected chi connectivity index (χ3v) is 12.7. The van der Waals surface area contributed by atoms with E-state index < -0.39 is 150 Å². The van der Waals surface area contributed by atoms with E-state index >= 15 is 0 Å². The molecule has 0 bridgehead atoms. The number of unbranched alkanes of at least 4 members (excludes halogenated alkanes) is 8. The van der Waals surface area contributed by atoms with Crippen molar-refractivity contribution in [3.05, 3.63) is 33.1 Å². The summed E-state index contributed by atoms with van der Waals surface area (Å²) >= 11 is 0. The molecular weight excluding hydrogens is 943 g/mol. The SMILES string of the molecule is CCCCCCCCCCCC(CC(=O)OC1CN(C)C(C(OC2OC(NC)C(O)C2OS(=O)(=O)O)C2OC(n3ccc(=O)[nH]c3=O)C(O)C2O)C(=O)N(C)C1C(=O)O)OC(=O)CC(C)CC(=O)O. The van der Waals surface area contributed by atoms with Crippen LogP contribution in [0.5, 0.6) is 0 Å². The normalized spacial score (nSPS) is 29.0. The molecule has 3 aliphatic rings. The highest BCUT2D eigenvalue weighted by Gasteiger charge is 2.58. The number of rotatable bonds is 27. The number of aromatic amines is 1. The average Bonchev–Trinajstić information content (AvgIpc) is 3.67. The minimum Gasteiger partial charge on any atom is -0.481 e. The first-order chi connectivity index (χ1) is 32.5. The molecule has 0 radical (unpaired) electrons. The Morgan fingerprint density at radius 1 is 0.899 bits per heavy atom. The molecule has 0 saturated carbocycles. The fraction of sp³-hybridized carbons (Fsp3) is 0.786. The average molecular weight is 1010 g/mol. The van der Waals surface area contributed by atoms with Gasteiger partial charge in [-0.15, -0.1) is 0 Å². The Balaban J connectivity index is 1.65. The van der Waals surface area contributed by atoms with Crippen LogP contribution in [0.25, 0.3) is 0 Å². The number of carbonyl (C=O) groups is 5. The van der Waals surface area contributed by atoms with Gasteiger partial charge in [-0.3, -0.25) is 48.3 Å². The lowest BCUT2D eigenvalue weighted by Crippen LogP contribution is -2.60. The molecule has 0 spiro atoms. The van der Waals surface area contributed by atoms with Gasteiger partial charge in [-0.25, -0.2) is 13.8 Å². The summed E-state index contributed by atoms with van der Waals surface area (Å²) in [5.74, 6) is -6.24. The van der Waals surface area contributed by atoms with Gasteiger partial charge in [0.15, 0.2) is 24.7 Å². The van der Waals surface area contributed by atoms with Crippen LogP contribution in [0, 0.1) is 5.92 Å². The van der Waals surface area contributed by atoms with Gasteiger partial charge in [-0.05, 0) is 32.9 Å². The van der Waals surface area contributed by atoms with Gasteiger partial charge in [0, 0.05) is 38.7 Å². The summed E-state index contributed by atoms with van der Waals surface area (Å²) < 4.78 is 68.0. The van der Waals surface area contributed by atoms with Crippen molar-refractivity contribution in [2.75, 3.05) is 27.7 Å². The minimum atomic E-state index is -5.35. The second kappa shape index (κ2) is 26.1. The number of aromatic nitrogens is 2. The molecule has 3 fully saturated rings. The Labute approximate surface area is 398 Å². The van der Waals surface area contributed by atoms with Gasteiger partial charge >= 0.3 is 40.0 Å². The molecule has 14 unspecified atom stereocenters. The number of amides is 1. The maximum atomic E-state index is 14.7. The zero-order chi connectivity index (χ0) is 51.3. The monoisotopic (exact) mass is 1010 g/mol. The summed E-state index contributed by atoms with van der Waals surface area (Å²) in [6.45, 7) is 3.09. The van der Waals surface area contributed by atoms with Crippen molar-refractivity contribution in [3.8, 4) is 0 Å². The molecule has 1 aromatic rings. The maximum absolute atomic E-state index is 14.7. The fourth-order valence-corrected chi connectivity index (χ4v) is 9.29. The first kappa shape index (κ1) is 57.2. The lowest BCUT2D eigenvalue weighted by molar-refractivity contribution is -0.232. The van der Waals surface area contributed by atoms with Gasteiger partial charge in [0.1, 0.15) is 55.0 Å². The van der Waals surface area contributed by atoms with Gasteiger partial charge in [-0.1, -0.05) is 65.2 Å². The van der Waals surface area contributed by atoms with Crippen molar-refractivity contribution in [1.82, 2.24) is 24.7 Å². The van der Waals surface area contributed by atoms with Crippen LogP contribution in [0.3, 0.4) is 0 Å². The molecule has 3 aliphatic heterocycles. The summed E-state index contributed by atoms with van der Waals surface area (Å²) in [7, 11) is -1.74. The number of aliphatic hydroxyl groups is 3. The molecule has 1 aromatic heterocycles. The van der Waals surface area contributed by atoms with Gasteiger partial charge in [0.05, 0.1) is 6.42 Å². The maximum Gasteiger partial charge on any atom is 0.397 e. The molecule has 14 atom stereocenters. The number of nitrogens with zero attached hydrogens (tertiary/aromatic N) is 3. The standard InChI is InChI=1S/C42H67N5O21S/c1-6-7-8-9-10-11-12-13-14-15-23(63-27(51)19-22(2)18-26(49)50)20-28(52)64-24-21-45(4)30(38(56)46(5)29(24)40(57)58)34(66-41-36(68-69(60,61)62)33(55)37(43-3)67-41)35-31(53)32(54)39(65-35)47-17-16-25(48)44-42(47)59/h16-17,22-24,29-37,39,41,43,53-55H,6-15,18-21H2,1-5H3,(H,49,50)(H,57,58)(H,44,48,59)(H,60,61,62).